The van der Waals surface area contributed by atoms with E-state index in [1.165, 1.54) is 12.1 Å². The molecular weight excluding hydrogens is 298 g/mol. The summed E-state index contributed by atoms with van der Waals surface area (Å²) in [6.07, 6.45) is 0.492. The van der Waals surface area contributed by atoms with Gasteiger partial charge in [-0.25, -0.2) is 13.1 Å². The molecule has 1 aromatic rings. The lowest BCUT2D eigenvalue weighted by Crippen LogP contribution is -2.39. The number of benzene rings is 1. The second kappa shape index (κ2) is 6.34. The molecule has 112 valence electrons. The first-order valence-corrected chi connectivity index (χ1v) is 9.51. The molecule has 1 saturated heterocycles. The summed E-state index contributed by atoms with van der Waals surface area (Å²) in [7, 11) is -4.40. The van der Waals surface area contributed by atoms with Crippen molar-refractivity contribution >= 4 is 20.8 Å². The Bertz CT molecular complexity index is 588. The lowest BCUT2D eigenvalue weighted by atomic mass is 10.1. The fourth-order valence-corrected chi connectivity index (χ4v) is 4.80. The Labute approximate surface area is 121 Å². The van der Waals surface area contributed by atoms with Gasteiger partial charge in [0.05, 0.1) is 11.0 Å². The lowest BCUT2D eigenvalue weighted by molar-refractivity contribution is 0.199. The first-order chi connectivity index (χ1) is 9.38. The first kappa shape index (κ1) is 15.6. The number of aliphatic hydroxyl groups excluding tert-OH is 1. The van der Waals surface area contributed by atoms with Crippen LogP contribution in [0.1, 0.15) is 31.4 Å². The molecule has 1 atom stereocenters. The molecule has 5 nitrogen and oxygen atoms in total. The minimum atomic E-state index is -3.59. The maximum Gasteiger partial charge on any atom is 0.240 e. The zero-order valence-corrected chi connectivity index (χ0v) is 12.9. The van der Waals surface area contributed by atoms with Crippen LogP contribution in [0.5, 0.6) is 0 Å². The van der Waals surface area contributed by atoms with Gasteiger partial charge in [-0.15, -0.1) is 0 Å². The van der Waals surface area contributed by atoms with Crippen molar-refractivity contribution in [3.05, 3.63) is 29.8 Å². The molecule has 1 aliphatic rings. The van der Waals surface area contributed by atoms with Crippen molar-refractivity contribution in [2.45, 2.75) is 36.8 Å². The molecule has 0 bridgehead atoms. The average Bonchev–Trinajstić information content (AvgIpc) is 2.41. The third-order valence-corrected chi connectivity index (χ3v) is 6.26. The second-order valence-corrected chi connectivity index (χ2v) is 8.40. The summed E-state index contributed by atoms with van der Waals surface area (Å²) in [4.78, 5) is 0.155. The Morgan fingerprint density at radius 1 is 1.35 bits per heavy atom. The molecule has 1 heterocycles. The Morgan fingerprint density at radius 3 is 2.60 bits per heavy atom. The Balaban J connectivity index is 2.14. The maximum atomic E-state index is 12.3. The van der Waals surface area contributed by atoms with E-state index < -0.39 is 26.9 Å². The van der Waals surface area contributed by atoms with Gasteiger partial charge in [0.15, 0.2) is 0 Å². The predicted molar refractivity (Wildman–Crippen MR) is 78.3 cm³/mol. The van der Waals surface area contributed by atoms with Crippen LogP contribution in [0.3, 0.4) is 0 Å². The van der Waals surface area contributed by atoms with Gasteiger partial charge in [0, 0.05) is 28.3 Å². The summed E-state index contributed by atoms with van der Waals surface area (Å²) in [6, 6.07) is 6.14. The van der Waals surface area contributed by atoms with E-state index in [1.54, 1.807) is 19.1 Å². The SMILES string of the molecule is CC(O)c1cccc(S(=O)(=O)NC2CCS(=O)CC2)c1. The standard InChI is InChI=1S/C13H19NO4S2/c1-10(15)11-3-2-4-13(9-11)20(17,18)14-12-5-7-19(16)8-6-12/h2-4,9-10,12,14-15H,5-8H2,1H3. The molecule has 7 heteroatoms. The molecule has 0 aliphatic carbocycles. The molecular formula is C13H19NO4S2. The molecule has 1 aromatic carbocycles. The van der Waals surface area contributed by atoms with E-state index in [4.69, 9.17) is 0 Å². The van der Waals surface area contributed by atoms with E-state index in [0.29, 0.717) is 29.9 Å². The molecule has 0 radical (unpaired) electrons. The van der Waals surface area contributed by atoms with E-state index in [0.717, 1.165) is 0 Å². The minimum absolute atomic E-state index is 0.155. The Hall–Kier alpha value is -0.760. The lowest BCUT2D eigenvalue weighted by Gasteiger charge is -2.22. The summed E-state index contributed by atoms with van der Waals surface area (Å²) in [5.41, 5.74) is 0.567. The van der Waals surface area contributed by atoms with Gasteiger partial charge in [0.2, 0.25) is 10.0 Å². The molecule has 20 heavy (non-hydrogen) atoms. The summed E-state index contributed by atoms with van der Waals surface area (Å²) in [5, 5.41) is 9.52. The van der Waals surface area contributed by atoms with E-state index in [1.807, 2.05) is 0 Å². The van der Waals surface area contributed by atoms with Gasteiger partial charge in [0.25, 0.3) is 0 Å². The zero-order valence-electron chi connectivity index (χ0n) is 11.3. The summed E-state index contributed by atoms with van der Waals surface area (Å²) in [5.74, 6) is 1.09. The zero-order chi connectivity index (χ0) is 14.8. The van der Waals surface area contributed by atoms with Gasteiger partial charge in [0.1, 0.15) is 0 Å². The highest BCUT2D eigenvalue weighted by Gasteiger charge is 2.24. The average molecular weight is 317 g/mol. The van der Waals surface area contributed by atoms with E-state index >= 15 is 0 Å². The Morgan fingerprint density at radius 2 is 2.00 bits per heavy atom. The molecule has 0 amide bonds. The van der Waals surface area contributed by atoms with E-state index in [9.17, 15) is 17.7 Å². The van der Waals surface area contributed by atoms with E-state index in [2.05, 4.69) is 4.72 Å². The highest BCUT2D eigenvalue weighted by atomic mass is 32.2. The second-order valence-electron chi connectivity index (χ2n) is 4.99. The van der Waals surface area contributed by atoms with Gasteiger partial charge < -0.3 is 5.11 Å². The summed E-state index contributed by atoms with van der Waals surface area (Å²) < 4.78 is 38.5. The van der Waals surface area contributed by atoms with Crippen LogP contribution >= 0.6 is 0 Å². The van der Waals surface area contributed by atoms with Crippen molar-refractivity contribution in [3.63, 3.8) is 0 Å². The van der Waals surface area contributed by atoms with Crippen LogP contribution in [0.15, 0.2) is 29.2 Å². The quantitative estimate of drug-likeness (QED) is 0.865. The van der Waals surface area contributed by atoms with Crippen molar-refractivity contribution in [2.24, 2.45) is 0 Å². The largest absolute Gasteiger partial charge is 0.389 e. The predicted octanol–water partition coefficient (Wildman–Crippen LogP) is 0.929. The summed E-state index contributed by atoms with van der Waals surface area (Å²) >= 11 is 0. The van der Waals surface area contributed by atoms with Crippen molar-refractivity contribution in [1.82, 2.24) is 4.72 Å². The molecule has 1 fully saturated rings. The van der Waals surface area contributed by atoms with Gasteiger partial charge in [-0.3, -0.25) is 4.21 Å². The third kappa shape index (κ3) is 3.88. The van der Waals surface area contributed by atoms with Crippen LogP contribution in [0, 0.1) is 0 Å². The number of nitrogens with one attached hydrogen (secondary N) is 1. The number of aliphatic hydroxyl groups is 1. The van der Waals surface area contributed by atoms with Crippen LogP contribution in [-0.4, -0.2) is 35.3 Å². The number of sulfonamides is 1. The van der Waals surface area contributed by atoms with Crippen LogP contribution in [-0.2, 0) is 20.8 Å². The van der Waals surface area contributed by atoms with Gasteiger partial charge in [-0.2, -0.15) is 0 Å². The maximum absolute atomic E-state index is 12.3. The van der Waals surface area contributed by atoms with Gasteiger partial charge in [-0.1, -0.05) is 12.1 Å². The molecule has 2 rings (SSSR count). The van der Waals surface area contributed by atoms with Crippen LogP contribution in [0.4, 0.5) is 0 Å². The molecule has 0 saturated carbocycles. The van der Waals surface area contributed by atoms with Crippen molar-refractivity contribution < 1.29 is 17.7 Å². The highest BCUT2D eigenvalue weighted by Crippen LogP contribution is 2.19. The number of hydrogen-bond donors (Lipinski definition) is 2. The van der Waals surface area contributed by atoms with Gasteiger partial charge in [-0.05, 0) is 37.5 Å². The monoisotopic (exact) mass is 317 g/mol. The molecule has 0 aromatic heterocycles. The van der Waals surface area contributed by atoms with Crippen LogP contribution < -0.4 is 4.72 Å². The van der Waals surface area contributed by atoms with Gasteiger partial charge >= 0.3 is 0 Å². The summed E-state index contributed by atoms with van der Waals surface area (Å²) in [6.45, 7) is 1.59. The fraction of sp³-hybridized carbons (Fsp3) is 0.538. The van der Waals surface area contributed by atoms with Crippen LogP contribution in [0.25, 0.3) is 0 Å². The molecule has 0 spiro atoms. The Kier molecular flexibility index (Phi) is 4.95. The number of hydrogen-bond acceptors (Lipinski definition) is 4. The minimum Gasteiger partial charge on any atom is -0.389 e. The smallest absolute Gasteiger partial charge is 0.240 e. The van der Waals surface area contributed by atoms with Crippen molar-refractivity contribution in [1.29, 1.82) is 0 Å². The first-order valence-electron chi connectivity index (χ1n) is 6.54. The van der Waals surface area contributed by atoms with Crippen molar-refractivity contribution in [2.75, 3.05) is 11.5 Å². The normalized spacial score (nSPS) is 25.3. The molecule has 1 unspecified atom stereocenters. The van der Waals surface area contributed by atoms with E-state index in [-0.39, 0.29) is 10.9 Å². The fourth-order valence-electron chi connectivity index (χ4n) is 2.14. The molecule has 2 N–H and O–H groups in total. The molecule has 1 aliphatic heterocycles. The third-order valence-electron chi connectivity index (χ3n) is 3.36. The highest BCUT2D eigenvalue weighted by molar-refractivity contribution is 7.89. The topological polar surface area (TPSA) is 83.5 Å². The van der Waals surface area contributed by atoms with Crippen molar-refractivity contribution in [3.8, 4) is 0 Å². The number of rotatable bonds is 4. The van der Waals surface area contributed by atoms with Crippen LogP contribution in [0.2, 0.25) is 0 Å².